The molecular formula is C13H20O2. The Morgan fingerprint density at radius 1 is 1.27 bits per heavy atom. The minimum Gasteiger partial charge on any atom is -0.494 e. The second-order valence-corrected chi connectivity index (χ2v) is 4.60. The quantitative estimate of drug-likeness (QED) is 0.696. The molecule has 1 heterocycles. The van der Waals surface area contributed by atoms with Gasteiger partial charge in [0.15, 0.2) is 5.78 Å². The SMILES string of the molecule is CC[C@H]1C[C@@H](CC)C2=C(CCCC2=O)O1. The molecule has 0 spiro atoms. The van der Waals surface area contributed by atoms with Crippen molar-refractivity contribution < 1.29 is 9.53 Å². The molecule has 0 saturated heterocycles. The summed E-state index contributed by atoms with van der Waals surface area (Å²) >= 11 is 0. The molecular weight excluding hydrogens is 188 g/mol. The summed E-state index contributed by atoms with van der Waals surface area (Å²) in [7, 11) is 0. The number of Topliss-reactive ketones (excluding diaryl/α,β-unsaturated/α-hetero) is 1. The Balaban J connectivity index is 2.27. The number of carbonyl (C=O) groups is 1. The largest absolute Gasteiger partial charge is 0.494 e. The van der Waals surface area contributed by atoms with Crippen molar-refractivity contribution in [2.24, 2.45) is 5.92 Å². The molecule has 1 aliphatic heterocycles. The summed E-state index contributed by atoms with van der Waals surface area (Å²) in [4.78, 5) is 11.9. The summed E-state index contributed by atoms with van der Waals surface area (Å²) in [5.41, 5.74) is 1.04. The standard InChI is InChI=1S/C13H20O2/c1-3-9-8-10(4-2)15-12-7-5-6-11(14)13(9)12/h9-10H,3-8H2,1-2H3/t9-,10+/m1/s1. The van der Waals surface area contributed by atoms with E-state index in [0.29, 0.717) is 17.8 Å². The van der Waals surface area contributed by atoms with Gasteiger partial charge in [0.1, 0.15) is 5.76 Å². The minimum atomic E-state index is 0.345. The van der Waals surface area contributed by atoms with Gasteiger partial charge in [-0.1, -0.05) is 13.8 Å². The third kappa shape index (κ3) is 1.95. The van der Waals surface area contributed by atoms with E-state index in [4.69, 9.17) is 4.74 Å². The predicted octanol–water partition coefficient (Wildman–Crippen LogP) is 3.22. The van der Waals surface area contributed by atoms with Gasteiger partial charge in [0.2, 0.25) is 0 Å². The molecule has 15 heavy (non-hydrogen) atoms. The van der Waals surface area contributed by atoms with Crippen LogP contribution in [0.2, 0.25) is 0 Å². The number of hydrogen-bond acceptors (Lipinski definition) is 2. The molecule has 84 valence electrons. The third-order valence-corrected chi connectivity index (χ3v) is 3.62. The molecule has 0 N–H and O–H groups in total. The lowest BCUT2D eigenvalue weighted by Gasteiger charge is -2.35. The molecule has 0 unspecified atom stereocenters. The molecule has 0 aromatic rings. The lowest BCUT2D eigenvalue weighted by atomic mass is 9.80. The smallest absolute Gasteiger partial charge is 0.162 e. The first-order valence-corrected chi connectivity index (χ1v) is 6.19. The molecule has 0 saturated carbocycles. The maximum atomic E-state index is 11.9. The van der Waals surface area contributed by atoms with Crippen molar-refractivity contribution in [3.05, 3.63) is 11.3 Å². The van der Waals surface area contributed by atoms with Gasteiger partial charge in [-0.05, 0) is 31.6 Å². The van der Waals surface area contributed by atoms with Crippen LogP contribution in [0.3, 0.4) is 0 Å². The van der Waals surface area contributed by atoms with E-state index >= 15 is 0 Å². The fraction of sp³-hybridized carbons (Fsp3) is 0.769. The van der Waals surface area contributed by atoms with Gasteiger partial charge in [-0.25, -0.2) is 0 Å². The van der Waals surface area contributed by atoms with Crippen LogP contribution in [0.15, 0.2) is 11.3 Å². The Kier molecular flexibility index (Phi) is 3.13. The lowest BCUT2D eigenvalue weighted by molar-refractivity contribution is -0.118. The predicted molar refractivity (Wildman–Crippen MR) is 59.4 cm³/mol. The van der Waals surface area contributed by atoms with Gasteiger partial charge in [-0.3, -0.25) is 4.79 Å². The highest BCUT2D eigenvalue weighted by Gasteiger charge is 2.34. The van der Waals surface area contributed by atoms with Crippen molar-refractivity contribution in [1.29, 1.82) is 0 Å². The van der Waals surface area contributed by atoms with Crippen LogP contribution < -0.4 is 0 Å². The normalized spacial score (nSPS) is 31.2. The van der Waals surface area contributed by atoms with Crippen molar-refractivity contribution in [3.8, 4) is 0 Å². The van der Waals surface area contributed by atoms with Crippen LogP contribution in [-0.2, 0) is 9.53 Å². The van der Waals surface area contributed by atoms with Gasteiger partial charge < -0.3 is 4.74 Å². The average Bonchev–Trinajstić information content (AvgIpc) is 2.27. The number of carbonyl (C=O) groups excluding carboxylic acids is 1. The van der Waals surface area contributed by atoms with Crippen LogP contribution in [0.25, 0.3) is 0 Å². The highest BCUT2D eigenvalue weighted by molar-refractivity contribution is 5.97. The summed E-state index contributed by atoms with van der Waals surface area (Å²) in [6.45, 7) is 4.34. The number of rotatable bonds is 2. The van der Waals surface area contributed by atoms with Crippen LogP contribution in [0.4, 0.5) is 0 Å². The zero-order valence-corrected chi connectivity index (χ0v) is 9.71. The van der Waals surface area contributed by atoms with Crippen LogP contribution in [-0.4, -0.2) is 11.9 Å². The Labute approximate surface area is 91.7 Å². The van der Waals surface area contributed by atoms with Crippen molar-refractivity contribution >= 4 is 5.78 Å². The van der Waals surface area contributed by atoms with Gasteiger partial charge in [0.25, 0.3) is 0 Å². The number of ketones is 1. The lowest BCUT2D eigenvalue weighted by Crippen LogP contribution is -2.30. The molecule has 2 nitrogen and oxygen atoms in total. The maximum absolute atomic E-state index is 11.9. The van der Waals surface area contributed by atoms with Gasteiger partial charge >= 0.3 is 0 Å². The zero-order valence-electron chi connectivity index (χ0n) is 9.71. The van der Waals surface area contributed by atoms with Crippen LogP contribution in [0.1, 0.15) is 52.4 Å². The third-order valence-electron chi connectivity index (χ3n) is 3.62. The molecule has 2 atom stereocenters. The minimum absolute atomic E-state index is 0.345. The van der Waals surface area contributed by atoms with Crippen LogP contribution in [0.5, 0.6) is 0 Å². The van der Waals surface area contributed by atoms with E-state index in [9.17, 15) is 4.79 Å². The van der Waals surface area contributed by atoms with Crippen molar-refractivity contribution in [3.63, 3.8) is 0 Å². The summed E-state index contributed by atoms with van der Waals surface area (Å²) in [5, 5.41) is 0. The second kappa shape index (κ2) is 4.38. The fourth-order valence-corrected chi connectivity index (χ4v) is 2.72. The monoisotopic (exact) mass is 208 g/mol. The molecule has 0 aromatic heterocycles. The molecule has 0 radical (unpaired) electrons. The van der Waals surface area contributed by atoms with E-state index in [2.05, 4.69) is 13.8 Å². The molecule has 0 aromatic carbocycles. The molecule has 2 rings (SSSR count). The van der Waals surface area contributed by atoms with Gasteiger partial charge in [0.05, 0.1) is 6.10 Å². The Hall–Kier alpha value is -0.790. The first-order chi connectivity index (χ1) is 7.26. The van der Waals surface area contributed by atoms with Crippen molar-refractivity contribution in [2.75, 3.05) is 0 Å². The highest BCUT2D eigenvalue weighted by atomic mass is 16.5. The Morgan fingerprint density at radius 3 is 2.73 bits per heavy atom. The molecule has 0 fully saturated rings. The Bertz CT molecular complexity index is 291. The number of hydrogen-bond donors (Lipinski definition) is 0. The van der Waals surface area contributed by atoms with E-state index < -0.39 is 0 Å². The summed E-state index contributed by atoms with van der Waals surface area (Å²) < 4.78 is 5.90. The summed E-state index contributed by atoms with van der Waals surface area (Å²) in [6.07, 6.45) is 6.21. The second-order valence-electron chi connectivity index (χ2n) is 4.60. The van der Waals surface area contributed by atoms with E-state index in [1.54, 1.807) is 0 Å². The topological polar surface area (TPSA) is 26.3 Å². The molecule has 2 heteroatoms. The van der Waals surface area contributed by atoms with Crippen molar-refractivity contribution in [2.45, 2.75) is 58.5 Å². The van der Waals surface area contributed by atoms with Gasteiger partial charge in [-0.15, -0.1) is 0 Å². The molecule has 2 aliphatic rings. The van der Waals surface area contributed by atoms with Crippen molar-refractivity contribution in [1.82, 2.24) is 0 Å². The first-order valence-electron chi connectivity index (χ1n) is 6.19. The van der Waals surface area contributed by atoms with E-state index in [-0.39, 0.29) is 0 Å². The molecule has 0 bridgehead atoms. The number of allylic oxidation sites excluding steroid dienone is 2. The maximum Gasteiger partial charge on any atom is 0.162 e. The summed E-state index contributed by atoms with van der Waals surface area (Å²) in [6, 6.07) is 0. The average molecular weight is 208 g/mol. The van der Waals surface area contributed by atoms with Crippen LogP contribution >= 0.6 is 0 Å². The highest BCUT2D eigenvalue weighted by Crippen LogP contribution is 2.38. The van der Waals surface area contributed by atoms with E-state index in [0.717, 1.165) is 49.9 Å². The zero-order chi connectivity index (χ0) is 10.8. The Morgan fingerprint density at radius 2 is 2.07 bits per heavy atom. The summed E-state index contributed by atoms with van der Waals surface area (Å²) in [5.74, 6) is 1.83. The number of ether oxygens (including phenoxy) is 1. The van der Waals surface area contributed by atoms with E-state index in [1.165, 1.54) is 0 Å². The van der Waals surface area contributed by atoms with Gasteiger partial charge in [0, 0.05) is 18.4 Å². The first kappa shape index (κ1) is 10.7. The van der Waals surface area contributed by atoms with E-state index in [1.807, 2.05) is 0 Å². The van der Waals surface area contributed by atoms with Gasteiger partial charge in [-0.2, -0.15) is 0 Å². The van der Waals surface area contributed by atoms with Crippen LogP contribution in [0, 0.1) is 5.92 Å². The molecule has 1 aliphatic carbocycles. The fourth-order valence-electron chi connectivity index (χ4n) is 2.72. The molecule has 0 amide bonds.